The third-order valence-electron chi connectivity index (χ3n) is 3.82. The number of nitrogens with zero attached hydrogens (tertiary/aromatic N) is 1. The van der Waals surface area contributed by atoms with E-state index in [1.807, 2.05) is 6.07 Å². The highest BCUT2D eigenvalue weighted by atomic mass is 35.5. The fourth-order valence-electron chi connectivity index (χ4n) is 2.50. The molecule has 8 heteroatoms. The van der Waals surface area contributed by atoms with Gasteiger partial charge in [-0.2, -0.15) is 0 Å². The maximum atomic E-state index is 13.6. The van der Waals surface area contributed by atoms with Crippen LogP contribution in [0.3, 0.4) is 0 Å². The molecule has 1 amide bonds. The Morgan fingerprint density at radius 3 is 3.00 bits per heavy atom. The number of rotatable bonds is 4. The number of carbonyl (C=O) groups is 1. The largest absolute Gasteiger partial charge is 0.392 e. The summed E-state index contributed by atoms with van der Waals surface area (Å²) < 4.78 is 13.6. The molecule has 1 saturated heterocycles. The molecular formula is C16H19ClFN3O2S. The molecule has 3 rings (SSSR count). The van der Waals surface area contributed by atoms with E-state index in [9.17, 15) is 14.3 Å². The topological polar surface area (TPSA) is 74.2 Å². The predicted molar refractivity (Wildman–Crippen MR) is 94.3 cm³/mol. The Balaban J connectivity index is 0.00000208. The lowest BCUT2D eigenvalue weighted by Crippen LogP contribution is -2.35. The first-order chi connectivity index (χ1) is 11.0. The molecule has 0 spiro atoms. The van der Waals surface area contributed by atoms with Crippen LogP contribution in [0.4, 0.5) is 9.52 Å². The summed E-state index contributed by atoms with van der Waals surface area (Å²) in [4.78, 5) is 17.2. The van der Waals surface area contributed by atoms with Crippen molar-refractivity contribution >= 4 is 34.8 Å². The zero-order chi connectivity index (χ0) is 16.4. The lowest BCUT2D eigenvalue weighted by atomic mass is 10.1. The maximum absolute atomic E-state index is 13.6. The van der Waals surface area contributed by atoms with Crippen LogP contribution < -0.4 is 10.6 Å². The fourth-order valence-corrected chi connectivity index (χ4v) is 3.35. The summed E-state index contributed by atoms with van der Waals surface area (Å²) in [6.07, 6.45) is 2.20. The molecule has 2 atom stereocenters. The van der Waals surface area contributed by atoms with Crippen molar-refractivity contribution in [2.75, 3.05) is 11.9 Å². The summed E-state index contributed by atoms with van der Waals surface area (Å²) >= 11 is 1.37. The van der Waals surface area contributed by atoms with Gasteiger partial charge in [-0.15, -0.1) is 23.7 Å². The SMILES string of the molecule is Cc1ccc(Cc2cnc(NC(=O)C3CC(O)CN3)s2)cc1F.Cl. The van der Waals surface area contributed by atoms with Crippen molar-refractivity contribution in [3.05, 3.63) is 46.2 Å². The second-order valence-electron chi connectivity index (χ2n) is 5.73. The second-order valence-corrected chi connectivity index (χ2v) is 6.85. The Morgan fingerprint density at radius 2 is 2.33 bits per heavy atom. The summed E-state index contributed by atoms with van der Waals surface area (Å²) in [7, 11) is 0. The van der Waals surface area contributed by atoms with Gasteiger partial charge in [0, 0.05) is 24.0 Å². The number of benzene rings is 1. The summed E-state index contributed by atoms with van der Waals surface area (Å²) in [5, 5.41) is 15.7. The molecule has 1 aliphatic rings. The van der Waals surface area contributed by atoms with E-state index in [2.05, 4.69) is 15.6 Å². The van der Waals surface area contributed by atoms with Crippen LogP contribution in [-0.4, -0.2) is 34.7 Å². The Bertz CT molecular complexity index is 725. The summed E-state index contributed by atoms with van der Waals surface area (Å²) in [6.45, 7) is 2.16. The molecule has 130 valence electrons. The second kappa shape index (κ2) is 8.02. The number of aliphatic hydroxyl groups excluding tert-OH is 1. The quantitative estimate of drug-likeness (QED) is 0.770. The zero-order valence-electron chi connectivity index (χ0n) is 13.1. The highest BCUT2D eigenvalue weighted by molar-refractivity contribution is 7.15. The molecule has 2 unspecified atom stereocenters. The van der Waals surface area contributed by atoms with Crippen LogP contribution in [0.25, 0.3) is 0 Å². The number of hydrogen-bond donors (Lipinski definition) is 3. The van der Waals surface area contributed by atoms with Gasteiger partial charge in [0.25, 0.3) is 0 Å². The van der Waals surface area contributed by atoms with Crippen LogP contribution in [0.5, 0.6) is 0 Å². The van der Waals surface area contributed by atoms with Crippen molar-refractivity contribution in [2.24, 2.45) is 0 Å². The van der Waals surface area contributed by atoms with Crippen LogP contribution in [0.15, 0.2) is 24.4 Å². The van der Waals surface area contributed by atoms with E-state index in [0.717, 1.165) is 10.4 Å². The standard InChI is InChI=1S/C16H18FN3O2S.ClH/c1-9-2-3-10(5-13(9)17)4-12-8-19-16(23-12)20-15(22)14-6-11(21)7-18-14;/h2-3,5,8,11,14,18,21H,4,6-7H2,1H3,(H,19,20,22);1H. The van der Waals surface area contributed by atoms with Gasteiger partial charge in [0.1, 0.15) is 5.82 Å². The average molecular weight is 372 g/mol. The number of thiazole rings is 1. The van der Waals surface area contributed by atoms with Gasteiger partial charge in [-0.05, 0) is 30.5 Å². The van der Waals surface area contributed by atoms with Gasteiger partial charge in [0.2, 0.25) is 5.91 Å². The summed E-state index contributed by atoms with van der Waals surface area (Å²) in [6, 6.07) is 4.78. The van der Waals surface area contributed by atoms with E-state index >= 15 is 0 Å². The first kappa shape index (κ1) is 18.8. The van der Waals surface area contributed by atoms with E-state index in [1.165, 1.54) is 17.4 Å². The van der Waals surface area contributed by atoms with E-state index < -0.39 is 6.10 Å². The fraction of sp³-hybridized carbons (Fsp3) is 0.375. The number of aromatic nitrogens is 1. The van der Waals surface area contributed by atoms with Crippen molar-refractivity contribution in [1.82, 2.24) is 10.3 Å². The van der Waals surface area contributed by atoms with Gasteiger partial charge in [-0.1, -0.05) is 12.1 Å². The van der Waals surface area contributed by atoms with Crippen LogP contribution in [0, 0.1) is 12.7 Å². The molecule has 2 heterocycles. The van der Waals surface area contributed by atoms with Crippen LogP contribution in [0.1, 0.15) is 22.4 Å². The van der Waals surface area contributed by atoms with Gasteiger partial charge in [-0.3, -0.25) is 4.79 Å². The number of β-amino-alcohol motifs (C(OH)–C–C–N with tert-alkyl or cyclic N) is 1. The minimum Gasteiger partial charge on any atom is -0.392 e. The molecule has 0 radical (unpaired) electrons. The minimum absolute atomic E-state index is 0. The van der Waals surface area contributed by atoms with Crippen molar-refractivity contribution in [3.8, 4) is 0 Å². The first-order valence-electron chi connectivity index (χ1n) is 7.43. The van der Waals surface area contributed by atoms with E-state index in [1.54, 1.807) is 19.2 Å². The van der Waals surface area contributed by atoms with Gasteiger partial charge >= 0.3 is 0 Å². The van der Waals surface area contributed by atoms with E-state index in [0.29, 0.717) is 30.1 Å². The molecule has 1 aromatic heterocycles. The van der Waals surface area contributed by atoms with Crippen LogP contribution >= 0.6 is 23.7 Å². The highest BCUT2D eigenvalue weighted by Crippen LogP contribution is 2.22. The number of halogens is 2. The van der Waals surface area contributed by atoms with Crippen molar-refractivity contribution in [1.29, 1.82) is 0 Å². The molecule has 24 heavy (non-hydrogen) atoms. The van der Waals surface area contributed by atoms with Gasteiger partial charge in [0.15, 0.2) is 5.13 Å². The number of hydrogen-bond acceptors (Lipinski definition) is 5. The highest BCUT2D eigenvalue weighted by Gasteiger charge is 2.28. The molecule has 0 saturated carbocycles. The molecule has 5 nitrogen and oxygen atoms in total. The Hall–Kier alpha value is -1.54. The van der Waals surface area contributed by atoms with E-state index in [4.69, 9.17) is 0 Å². The van der Waals surface area contributed by atoms with Crippen LogP contribution in [0.2, 0.25) is 0 Å². The number of aliphatic hydroxyl groups is 1. The average Bonchev–Trinajstić information content (AvgIpc) is 3.12. The molecule has 1 aromatic carbocycles. The normalized spacial score (nSPS) is 19.8. The Morgan fingerprint density at radius 1 is 1.54 bits per heavy atom. The number of amides is 1. The van der Waals surface area contributed by atoms with E-state index in [-0.39, 0.29) is 30.2 Å². The van der Waals surface area contributed by atoms with Crippen molar-refractivity contribution in [2.45, 2.75) is 31.9 Å². The molecule has 1 fully saturated rings. The maximum Gasteiger partial charge on any atom is 0.243 e. The van der Waals surface area contributed by atoms with Crippen LogP contribution in [-0.2, 0) is 11.2 Å². The lowest BCUT2D eigenvalue weighted by Gasteiger charge is -2.08. The summed E-state index contributed by atoms with van der Waals surface area (Å²) in [5.41, 5.74) is 1.49. The molecule has 0 aliphatic carbocycles. The number of anilines is 1. The number of carbonyl (C=O) groups excluding carboxylic acids is 1. The van der Waals surface area contributed by atoms with Gasteiger partial charge < -0.3 is 15.7 Å². The van der Waals surface area contributed by atoms with Gasteiger partial charge in [0.05, 0.1) is 12.1 Å². The number of aryl methyl sites for hydroxylation is 1. The molecule has 0 bridgehead atoms. The Kier molecular flexibility index (Phi) is 6.28. The molecule has 2 aromatic rings. The smallest absolute Gasteiger partial charge is 0.243 e. The lowest BCUT2D eigenvalue weighted by molar-refractivity contribution is -0.117. The number of nitrogens with one attached hydrogen (secondary N) is 2. The Labute approximate surface area is 149 Å². The molecular weight excluding hydrogens is 353 g/mol. The zero-order valence-corrected chi connectivity index (χ0v) is 14.7. The predicted octanol–water partition coefficient (Wildman–Crippen LogP) is 2.26. The third-order valence-corrected chi connectivity index (χ3v) is 4.74. The first-order valence-corrected chi connectivity index (χ1v) is 8.25. The summed E-state index contributed by atoms with van der Waals surface area (Å²) in [5.74, 6) is -0.407. The van der Waals surface area contributed by atoms with Crippen molar-refractivity contribution < 1.29 is 14.3 Å². The molecule has 3 N–H and O–H groups in total. The third kappa shape index (κ3) is 4.51. The minimum atomic E-state index is -0.478. The molecule has 1 aliphatic heterocycles. The van der Waals surface area contributed by atoms with Gasteiger partial charge in [-0.25, -0.2) is 9.37 Å². The van der Waals surface area contributed by atoms with Crippen molar-refractivity contribution in [3.63, 3.8) is 0 Å². The monoisotopic (exact) mass is 371 g/mol.